The van der Waals surface area contributed by atoms with Crippen molar-refractivity contribution in [3.63, 3.8) is 0 Å². The summed E-state index contributed by atoms with van der Waals surface area (Å²) in [6.45, 7) is 5.02. The van der Waals surface area contributed by atoms with Crippen LogP contribution >= 0.6 is 0 Å². The Balaban J connectivity index is 1.60. The summed E-state index contributed by atoms with van der Waals surface area (Å²) < 4.78 is 16.1. The molecule has 0 spiro atoms. The molecule has 0 atom stereocenters. The van der Waals surface area contributed by atoms with Crippen molar-refractivity contribution in [2.24, 2.45) is 5.92 Å². The molecule has 0 unspecified atom stereocenters. The number of rotatable bonds is 8. The lowest BCUT2D eigenvalue weighted by atomic mass is 9.97. The number of carbonyl (C=O) groups is 1. The Hall–Kier alpha value is -1.75. The lowest BCUT2D eigenvalue weighted by Gasteiger charge is -2.21. The van der Waals surface area contributed by atoms with Gasteiger partial charge < -0.3 is 19.5 Å². The van der Waals surface area contributed by atoms with E-state index in [0.717, 1.165) is 38.2 Å². The molecule has 5 heteroatoms. The van der Waals surface area contributed by atoms with E-state index in [1.54, 1.807) is 12.1 Å². The molecule has 5 nitrogen and oxygen atoms in total. The first-order valence-corrected chi connectivity index (χ1v) is 7.98. The minimum atomic E-state index is -0.0825. The lowest BCUT2D eigenvalue weighted by molar-refractivity contribution is -0.123. The second-order valence-electron chi connectivity index (χ2n) is 5.39. The second kappa shape index (κ2) is 9.30. The lowest BCUT2D eigenvalue weighted by Crippen LogP contribution is -2.31. The summed E-state index contributed by atoms with van der Waals surface area (Å²) in [5, 5.41) is 2.90. The summed E-state index contributed by atoms with van der Waals surface area (Å²) in [6, 6.07) is 7.28. The van der Waals surface area contributed by atoms with E-state index in [1.165, 1.54) is 0 Å². The van der Waals surface area contributed by atoms with Gasteiger partial charge in [-0.1, -0.05) is 0 Å². The third-order valence-corrected chi connectivity index (χ3v) is 3.72. The summed E-state index contributed by atoms with van der Waals surface area (Å²) >= 11 is 0. The molecule has 1 heterocycles. The van der Waals surface area contributed by atoms with E-state index >= 15 is 0 Å². The van der Waals surface area contributed by atoms with Crippen LogP contribution in [0.25, 0.3) is 0 Å². The molecule has 1 aliphatic heterocycles. The maximum Gasteiger partial charge on any atom is 0.257 e. The number of ether oxygens (including phenoxy) is 3. The summed E-state index contributed by atoms with van der Waals surface area (Å²) in [7, 11) is 0. The third-order valence-electron chi connectivity index (χ3n) is 3.72. The first-order valence-electron chi connectivity index (χ1n) is 7.98. The molecule has 1 fully saturated rings. The molecular formula is C17H25NO4. The van der Waals surface area contributed by atoms with Crippen LogP contribution in [0.5, 0.6) is 11.5 Å². The number of hydrogen-bond donors (Lipinski definition) is 1. The van der Waals surface area contributed by atoms with Crippen molar-refractivity contribution in [1.29, 1.82) is 0 Å². The maximum absolute atomic E-state index is 11.7. The highest BCUT2D eigenvalue weighted by atomic mass is 16.5. The van der Waals surface area contributed by atoms with Gasteiger partial charge in [0.2, 0.25) is 0 Å². The van der Waals surface area contributed by atoms with Crippen LogP contribution in [-0.2, 0) is 9.53 Å². The van der Waals surface area contributed by atoms with E-state index in [-0.39, 0.29) is 12.5 Å². The van der Waals surface area contributed by atoms with Gasteiger partial charge in [0, 0.05) is 19.8 Å². The minimum absolute atomic E-state index is 0.0434. The van der Waals surface area contributed by atoms with Crippen molar-refractivity contribution in [2.45, 2.75) is 26.2 Å². The molecule has 122 valence electrons. The van der Waals surface area contributed by atoms with Gasteiger partial charge in [-0.25, -0.2) is 0 Å². The molecule has 22 heavy (non-hydrogen) atoms. The van der Waals surface area contributed by atoms with Crippen LogP contribution in [0.15, 0.2) is 24.3 Å². The van der Waals surface area contributed by atoms with E-state index in [2.05, 4.69) is 5.32 Å². The molecule has 1 aliphatic rings. The monoisotopic (exact) mass is 307 g/mol. The average molecular weight is 307 g/mol. The number of carbonyl (C=O) groups excluding carboxylic acids is 1. The van der Waals surface area contributed by atoms with Gasteiger partial charge in [0.05, 0.1) is 6.61 Å². The molecule has 1 aromatic carbocycles. The Kier molecular flexibility index (Phi) is 7.03. The number of hydrogen-bond acceptors (Lipinski definition) is 4. The average Bonchev–Trinajstić information content (AvgIpc) is 2.55. The van der Waals surface area contributed by atoms with Crippen molar-refractivity contribution in [2.75, 3.05) is 33.0 Å². The quantitative estimate of drug-likeness (QED) is 0.801. The zero-order valence-electron chi connectivity index (χ0n) is 13.2. The predicted octanol–water partition coefficient (Wildman–Crippen LogP) is 2.40. The molecule has 1 N–H and O–H groups in total. The van der Waals surface area contributed by atoms with Gasteiger partial charge in [-0.2, -0.15) is 0 Å². The SMILES string of the molecule is CCOc1ccc(OCC(=O)NCCC2CCOCC2)cc1. The zero-order chi connectivity index (χ0) is 15.6. The van der Waals surface area contributed by atoms with Crippen LogP contribution in [0.1, 0.15) is 26.2 Å². The Morgan fingerprint density at radius 2 is 1.82 bits per heavy atom. The van der Waals surface area contributed by atoms with Gasteiger partial charge in [0.1, 0.15) is 11.5 Å². The van der Waals surface area contributed by atoms with Gasteiger partial charge in [-0.15, -0.1) is 0 Å². The van der Waals surface area contributed by atoms with Crippen molar-refractivity contribution in [1.82, 2.24) is 5.32 Å². The Labute approximate surface area is 131 Å². The van der Waals surface area contributed by atoms with Gasteiger partial charge in [-0.05, 0) is 56.4 Å². The number of benzene rings is 1. The van der Waals surface area contributed by atoms with E-state index in [9.17, 15) is 4.79 Å². The van der Waals surface area contributed by atoms with Crippen molar-refractivity contribution in [3.8, 4) is 11.5 Å². The van der Waals surface area contributed by atoms with E-state index in [0.29, 0.717) is 24.8 Å². The summed E-state index contributed by atoms with van der Waals surface area (Å²) in [5.41, 5.74) is 0. The Morgan fingerprint density at radius 1 is 1.18 bits per heavy atom. The molecule has 0 saturated carbocycles. The Bertz CT molecular complexity index is 440. The van der Waals surface area contributed by atoms with E-state index < -0.39 is 0 Å². The van der Waals surface area contributed by atoms with Gasteiger partial charge in [0.15, 0.2) is 6.61 Å². The number of nitrogens with one attached hydrogen (secondary N) is 1. The number of amides is 1. The molecule has 1 saturated heterocycles. The fraction of sp³-hybridized carbons (Fsp3) is 0.588. The maximum atomic E-state index is 11.7. The van der Waals surface area contributed by atoms with Gasteiger partial charge in [0.25, 0.3) is 5.91 Å². The fourth-order valence-corrected chi connectivity index (χ4v) is 2.45. The summed E-state index contributed by atoms with van der Waals surface area (Å²) in [4.78, 5) is 11.7. The molecule has 0 aromatic heterocycles. The molecule has 2 rings (SSSR count). The van der Waals surface area contributed by atoms with Crippen molar-refractivity contribution < 1.29 is 19.0 Å². The van der Waals surface area contributed by atoms with Crippen LogP contribution in [0.3, 0.4) is 0 Å². The standard InChI is InChI=1S/C17H25NO4/c1-2-21-15-3-5-16(6-4-15)22-13-17(19)18-10-7-14-8-11-20-12-9-14/h3-6,14H,2,7-13H2,1H3,(H,18,19). The van der Waals surface area contributed by atoms with Crippen LogP contribution in [0, 0.1) is 5.92 Å². The molecule has 1 aromatic rings. The summed E-state index contributed by atoms with van der Waals surface area (Å²) in [6.07, 6.45) is 3.20. The smallest absolute Gasteiger partial charge is 0.257 e. The second-order valence-corrected chi connectivity index (χ2v) is 5.39. The molecule has 0 radical (unpaired) electrons. The van der Waals surface area contributed by atoms with Gasteiger partial charge >= 0.3 is 0 Å². The zero-order valence-corrected chi connectivity index (χ0v) is 13.2. The molecule has 1 amide bonds. The highest BCUT2D eigenvalue weighted by Crippen LogP contribution is 2.18. The highest BCUT2D eigenvalue weighted by Gasteiger charge is 2.13. The van der Waals surface area contributed by atoms with Crippen LogP contribution < -0.4 is 14.8 Å². The van der Waals surface area contributed by atoms with Crippen LogP contribution in [-0.4, -0.2) is 38.9 Å². The fourth-order valence-electron chi connectivity index (χ4n) is 2.45. The predicted molar refractivity (Wildman–Crippen MR) is 84.3 cm³/mol. The van der Waals surface area contributed by atoms with Crippen molar-refractivity contribution >= 4 is 5.91 Å². The topological polar surface area (TPSA) is 56.8 Å². The van der Waals surface area contributed by atoms with E-state index in [1.807, 2.05) is 19.1 Å². The van der Waals surface area contributed by atoms with Gasteiger partial charge in [-0.3, -0.25) is 4.79 Å². The first-order chi connectivity index (χ1) is 10.8. The first kappa shape index (κ1) is 16.6. The molecule has 0 bridgehead atoms. The highest BCUT2D eigenvalue weighted by molar-refractivity contribution is 5.77. The third kappa shape index (κ3) is 5.93. The Morgan fingerprint density at radius 3 is 2.45 bits per heavy atom. The van der Waals surface area contributed by atoms with Crippen LogP contribution in [0.4, 0.5) is 0 Å². The largest absolute Gasteiger partial charge is 0.494 e. The molecular weight excluding hydrogens is 282 g/mol. The normalized spacial score (nSPS) is 15.3. The minimum Gasteiger partial charge on any atom is -0.494 e. The molecule has 0 aliphatic carbocycles. The van der Waals surface area contributed by atoms with Crippen LogP contribution in [0.2, 0.25) is 0 Å². The van der Waals surface area contributed by atoms with Crippen molar-refractivity contribution in [3.05, 3.63) is 24.3 Å². The summed E-state index contributed by atoms with van der Waals surface area (Å²) in [5.74, 6) is 2.06. The van der Waals surface area contributed by atoms with E-state index in [4.69, 9.17) is 14.2 Å².